The lowest BCUT2D eigenvalue weighted by Gasteiger charge is -2.47. The number of fused-ring (bicyclic) bond motifs is 3. The molecule has 0 spiro atoms. The quantitative estimate of drug-likeness (QED) is 0.856. The summed E-state index contributed by atoms with van der Waals surface area (Å²) >= 11 is 0. The molecule has 0 unspecified atom stereocenters. The molecule has 1 saturated heterocycles. The van der Waals surface area contributed by atoms with Gasteiger partial charge in [0.25, 0.3) is 0 Å². The summed E-state index contributed by atoms with van der Waals surface area (Å²) in [6.07, 6.45) is 2.71. The van der Waals surface area contributed by atoms with Crippen LogP contribution in [0.4, 0.5) is 0 Å². The Morgan fingerprint density at radius 3 is 2.86 bits per heavy atom. The van der Waals surface area contributed by atoms with Gasteiger partial charge in [0.15, 0.2) is 11.5 Å². The highest BCUT2D eigenvalue weighted by Gasteiger charge is 2.52. The largest absolute Gasteiger partial charge is 0.454 e. The Labute approximate surface area is 128 Å². The molecule has 0 aromatic heterocycles. The van der Waals surface area contributed by atoms with E-state index in [9.17, 15) is 9.90 Å². The first-order chi connectivity index (χ1) is 10.8. The zero-order valence-electron chi connectivity index (χ0n) is 12.3. The van der Waals surface area contributed by atoms with Crippen LogP contribution in [0.5, 0.6) is 11.5 Å². The van der Waals surface area contributed by atoms with Crippen LogP contribution in [-0.2, 0) is 11.3 Å². The molecule has 0 bridgehead atoms. The minimum atomic E-state index is 0.184. The Kier molecular flexibility index (Phi) is 2.54. The fourth-order valence-corrected chi connectivity index (χ4v) is 5.00. The maximum absolute atomic E-state index is 12.4. The number of hydrogen-bond donors (Lipinski definition) is 1. The molecule has 3 aliphatic heterocycles. The van der Waals surface area contributed by atoms with Crippen molar-refractivity contribution in [2.24, 2.45) is 11.8 Å². The summed E-state index contributed by atoms with van der Waals surface area (Å²) in [4.78, 5) is 14.4. The second-order valence-electron chi connectivity index (χ2n) is 6.93. The Morgan fingerprint density at radius 1 is 1.23 bits per heavy atom. The lowest BCUT2D eigenvalue weighted by atomic mass is 9.66. The van der Waals surface area contributed by atoms with E-state index in [0.717, 1.165) is 29.9 Å². The van der Waals surface area contributed by atoms with Gasteiger partial charge in [0.2, 0.25) is 12.7 Å². The number of carbonyl (C=O) groups is 1. The first-order valence-electron chi connectivity index (χ1n) is 8.09. The number of aliphatic hydroxyl groups is 1. The lowest BCUT2D eigenvalue weighted by Crippen LogP contribution is -2.48. The van der Waals surface area contributed by atoms with Gasteiger partial charge >= 0.3 is 0 Å². The molecule has 1 amide bonds. The van der Waals surface area contributed by atoms with Crippen LogP contribution in [0.2, 0.25) is 0 Å². The summed E-state index contributed by atoms with van der Waals surface area (Å²) < 4.78 is 11.0. The van der Waals surface area contributed by atoms with E-state index in [2.05, 4.69) is 6.07 Å². The highest BCUT2D eigenvalue weighted by atomic mass is 16.7. The molecule has 1 aliphatic carbocycles. The molecule has 116 valence electrons. The van der Waals surface area contributed by atoms with E-state index in [0.29, 0.717) is 18.9 Å². The second-order valence-corrected chi connectivity index (χ2v) is 6.93. The van der Waals surface area contributed by atoms with Crippen molar-refractivity contribution in [1.29, 1.82) is 0 Å². The van der Waals surface area contributed by atoms with Crippen LogP contribution in [-0.4, -0.2) is 35.4 Å². The Morgan fingerprint density at radius 2 is 2.05 bits per heavy atom. The number of hydrogen-bond acceptors (Lipinski definition) is 4. The van der Waals surface area contributed by atoms with Gasteiger partial charge in [-0.3, -0.25) is 4.79 Å². The summed E-state index contributed by atoms with van der Waals surface area (Å²) in [5.74, 6) is 2.75. The molecule has 1 saturated carbocycles. The number of amides is 1. The number of aliphatic hydroxyl groups excluding tert-OH is 1. The molecule has 1 aromatic rings. The first-order valence-corrected chi connectivity index (χ1v) is 8.09. The highest BCUT2D eigenvalue weighted by molar-refractivity contribution is 5.80. The molecule has 2 fully saturated rings. The molecule has 1 aromatic carbocycles. The van der Waals surface area contributed by atoms with Gasteiger partial charge in [-0.25, -0.2) is 0 Å². The smallest absolute Gasteiger partial charge is 0.231 e. The van der Waals surface area contributed by atoms with Crippen LogP contribution in [0.1, 0.15) is 36.3 Å². The van der Waals surface area contributed by atoms with Crippen LogP contribution < -0.4 is 9.47 Å². The zero-order chi connectivity index (χ0) is 14.8. The highest BCUT2D eigenvalue weighted by Crippen LogP contribution is 2.53. The molecular formula is C17H19NO4. The fourth-order valence-electron chi connectivity index (χ4n) is 5.00. The third-order valence-electron chi connectivity index (χ3n) is 5.95. The maximum atomic E-state index is 12.4. The normalized spacial score (nSPS) is 34.6. The Bertz CT molecular complexity index is 658. The monoisotopic (exact) mass is 301 g/mol. The Balaban J connectivity index is 1.67. The fraction of sp³-hybridized carbons (Fsp3) is 0.588. The average molecular weight is 301 g/mol. The average Bonchev–Trinajstić information content (AvgIpc) is 3.11. The molecule has 3 heterocycles. The van der Waals surface area contributed by atoms with E-state index in [1.54, 1.807) is 0 Å². The molecule has 4 atom stereocenters. The van der Waals surface area contributed by atoms with E-state index in [1.807, 2.05) is 11.0 Å². The third-order valence-corrected chi connectivity index (χ3v) is 5.95. The molecular weight excluding hydrogens is 282 g/mol. The van der Waals surface area contributed by atoms with Gasteiger partial charge in [-0.1, -0.05) is 0 Å². The molecule has 4 aliphatic rings. The van der Waals surface area contributed by atoms with Gasteiger partial charge in [-0.2, -0.15) is 0 Å². The number of benzene rings is 1. The van der Waals surface area contributed by atoms with Crippen molar-refractivity contribution < 1.29 is 19.4 Å². The molecule has 5 rings (SSSR count). The van der Waals surface area contributed by atoms with E-state index in [4.69, 9.17) is 9.47 Å². The van der Waals surface area contributed by atoms with Crippen molar-refractivity contribution in [3.63, 3.8) is 0 Å². The SMILES string of the molecule is O=C1C[C@@H]2CC[C@H](CO)[C@H]3c4cc5c(cc4CN1[C@H]23)OCO5. The van der Waals surface area contributed by atoms with Crippen LogP contribution >= 0.6 is 0 Å². The summed E-state index contributed by atoms with van der Waals surface area (Å²) in [6.45, 7) is 1.12. The lowest BCUT2D eigenvalue weighted by molar-refractivity contribution is -0.130. The van der Waals surface area contributed by atoms with Crippen LogP contribution in [0.15, 0.2) is 12.1 Å². The van der Waals surface area contributed by atoms with Crippen LogP contribution in [0, 0.1) is 11.8 Å². The summed E-state index contributed by atoms with van der Waals surface area (Å²) in [5.41, 5.74) is 2.41. The van der Waals surface area contributed by atoms with E-state index in [-0.39, 0.29) is 37.2 Å². The van der Waals surface area contributed by atoms with Gasteiger partial charge in [-0.15, -0.1) is 0 Å². The summed E-state index contributed by atoms with van der Waals surface area (Å²) in [7, 11) is 0. The predicted molar refractivity (Wildman–Crippen MR) is 77.6 cm³/mol. The summed E-state index contributed by atoms with van der Waals surface area (Å²) in [6, 6.07) is 4.37. The molecule has 5 heteroatoms. The minimum Gasteiger partial charge on any atom is -0.454 e. The van der Waals surface area contributed by atoms with Gasteiger partial charge < -0.3 is 19.5 Å². The second kappa shape index (κ2) is 4.38. The van der Waals surface area contributed by atoms with Crippen molar-refractivity contribution >= 4 is 5.91 Å². The number of nitrogens with zero attached hydrogens (tertiary/aromatic N) is 1. The van der Waals surface area contributed by atoms with Crippen molar-refractivity contribution in [1.82, 2.24) is 4.90 Å². The predicted octanol–water partition coefficient (Wildman–Crippen LogP) is 1.63. The minimum absolute atomic E-state index is 0.184. The number of rotatable bonds is 1. The van der Waals surface area contributed by atoms with Crippen molar-refractivity contribution in [2.75, 3.05) is 13.4 Å². The van der Waals surface area contributed by atoms with E-state index >= 15 is 0 Å². The zero-order valence-corrected chi connectivity index (χ0v) is 12.3. The molecule has 0 radical (unpaired) electrons. The molecule has 5 nitrogen and oxygen atoms in total. The van der Waals surface area contributed by atoms with Crippen LogP contribution in [0.25, 0.3) is 0 Å². The topological polar surface area (TPSA) is 59.0 Å². The Hall–Kier alpha value is -1.75. The van der Waals surface area contributed by atoms with Crippen molar-refractivity contribution in [3.8, 4) is 11.5 Å². The standard InChI is InChI=1S/C17H19NO4/c19-7-10-2-1-9-4-15(20)18-6-11-3-13-14(22-8-21-13)5-12(11)16(10)17(9)18/h3,5,9-10,16-17,19H,1-2,4,6-8H2/t9-,10+,16-,17+/m0/s1. The number of carbonyl (C=O) groups excluding carboxylic acids is 1. The van der Waals surface area contributed by atoms with Crippen LogP contribution in [0.3, 0.4) is 0 Å². The van der Waals surface area contributed by atoms with Crippen molar-refractivity contribution in [2.45, 2.75) is 37.8 Å². The van der Waals surface area contributed by atoms with Crippen molar-refractivity contribution in [3.05, 3.63) is 23.3 Å². The maximum Gasteiger partial charge on any atom is 0.231 e. The van der Waals surface area contributed by atoms with Gasteiger partial charge in [0, 0.05) is 31.5 Å². The summed E-state index contributed by atoms with van der Waals surface area (Å²) in [5, 5.41) is 9.85. The van der Waals surface area contributed by atoms with Gasteiger partial charge in [-0.05, 0) is 47.9 Å². The first kappa shape index (κ1) is 12.8. The van der Waals surface area contributed by atoms with Gasteiger partial charge in [0.1, 0.15) is 0 Å². The van der Waals surface area contributed by atoms with E-state index < -0.39 is 0 Å². The number of ether oxygens (including phenoxy) is 2. The molecule has 22 heavy (non-hydrogen) atoms. The third kappa shape index (κ3) is 1.55. The van der Waals surface area contributed by atoms with E-state index in [1.165, 1.54) is 5.56 Å². The van der Waals surface area contributed by atoms with Gasteiger partial charge in [0.05, 0.1) is 0 Å². The molecule has 1 N–H and O–H groups in total.